The van der Waals surface area contributed by atoms with E-state index in [0.717, 1.165) is 34.2 Å². The first-order valence-corrected chi connectivity index (χ1v) is 10.5. The zero-order chi connectivity index (χ0) is 20.5. The number of nitrogens with one attached hydrogen (secondary N) is 1. The van der Waals surface area contributed by atoms with E-state index in [1.165, 1.54) is 16.9 Å². The fraction of sp³-hybridized carbons (Fsp3) is 0.409. The maximum Gasteiger partial charge on any atom is 0.262 e. The van der Waals surface area contributed by atoms with Gasteiger partial charge in [0.1, 0.15) is 11.4 Å². The van der Waals surface area contributed by atoms with Crippen molar-refractivity contribution in [1.29, 1.82) is 0 Å². The number of amides is 1. The lowest BCUT2D eigenvalue weighted by Crippen LogP contribution is -2.29. The van der Waals surface area contributed by atoms with Gasteiger partial charge in [0, 0.05) is 7.11 Å². The number of carbonyl (C=O) groups excluding carboxylic acids is 1. The number of aromatic nitrogens is 2. The molecule has 0 aliphatic heterocycles. The maximum atomic E-state index is 13.2. The van der Waals surface area contributed by atoms with E-state index >= 15 is 0 Å². The largest absolute Gasteiger partial charge is 0.480 e. The van der Waals surface area contributed by atoms with Crippen LogP contribution in [-0.2, 0) is 11.3 Å². The Balaban J connectivity index is 1.67. The van der Waals surface area contributed by atoms with Crippen LogP contribution < -0.4 is 10.1 Å². The molecular weight excluding hydrogens is 386 g/mol. The number of hydrogen-bond acceptors (Lipinski definition) is 6. The molecule has 152 valence electrons. The Labute approximate surface area is 174 Å². The highest BCUT2D eigenvalue weighted by molar-refractivity contribution is 7.20. The monoisotopic (exact) mass is 411 g/mol. The van der Waals surface area contributed by atoms with Crippen molar-refractivity contribution in [2.45, 2.75) is 39.3 Å². The number of rotatable bonds is 7. The predicted octanol–water partition coefficient (Wildman–Crippen LogP) is 4.34. The van der Waals surface area contributed by atoms with Crippen molar-refractivity contribution in [1.82, 2.24) is 15.3 Å². The molecule has 0 spiro atoms. The summed E-state index contributed by atoms with van der Waals surface area (Å²) in [7, 11) is 3.18. The number of aryl methyl sites for hydroxylation is 2. The lowest BCUT2D eigenvalue weighted by molar-refractivity contribution is 0.0935. The van der Waals surface area contributed by atoms with Gasteiger partial charge in [0.15, 0.2) is 5.82 Å². The SMILES string of the molecule is COCc1nc(OC)c2c(C)c(C(=O)NC(c3ccc(C)cc3)C3CC3)sc2n1. The van der Waals surface area contributed by atoms with Crippen molar-refractivity contribution in [3.63, 3.8) is 0 Å². The fourth-order valence-electron chi connectivity index (χ4n) is 3.59. The second-order valence-electron chi connectivity index (χ2n) is 7.52. The van der Waals surface area contributed by atoms with Crippen LogP contribution in [-0.4, -0.2) is 30.1 Å². The highest BCUT2D eigenvalue weighted by atomic mass is 32.1. The van der Waals surface area contributed by atoms with E-state index in [-0.39, 0.29) is 11.9 Å². The molecule has 0 bridgehead atoms. The van der Waals surface area contributed by atoms with Gasteiger partial charge in [0.2, 0.25) is 5.88 Å². The van der Waals surface area contributed by atoms with Crippen molar-refractivity contribution in [3.05, 3.63) is 51.7 Å². The van der Waals surface area contributed by atoms with Crippen LogP contribution in [0.5, 0.6) is 5.88 Å². The van der Waals surface area contributed by atoms with Crippen LogP contribution in [0.25, 0.3) is 10.2 Å². The average Bonchev–Trinajstić information content (AvgIpc) is 3.50. The first kappa shape index (κ1) is 19.8. The van der Waals surface area contributed by atoms with E-state index in [2.05, 4.69) is 46.5 Å². The van der Waals surface area contributed by atoms with E-state index in [1.54, 1.807) is 14.2 Å². The molecule has 29 heavy (non-hydrogen) atoms. The van der Waals surface area contributed by atoms with E-state index in [1.807, 2.05) is 6.92 Å². The summed E-state index contributed by atoms with van der Waals surface area (Å²) >= 11 is 1.37. The summed E-state index contributed by atoms with van der Waals surface area (Å²) < 4.78 is 10.6. The number of benzene rings is 1. The molecule has 7 heteroatoms. The molecule has 6 nitrogen and oxygen atoms in total. The number of carbonyl (C=O) groups is 1. The van der Waals surface area contributed by atoms with Gasteiger partial charge >= 0.3 is 0 Å². The lowest BCUT2D eigenvalue weighted by Gasteiger charge is -2.19. The highest BCUT2D eigenvalue weighted by Gasteiger charge is 2.34. The third-order valence-electron chi connectivity index (χ3n) is 5.29. The number of thiophene rings is 1. The van der Waals surface area contributed by atoms with Gasteiger partial charge in [-0.1, -0.05) is 29.8 Å². The predicted molar refractivity (Wildman–Crippen MR) is 114 cm³/mol. The number of nitrogens with zero attached hydrogens (tertiary/aromatic N) is 2. The molecule has 4 rings (SSSR count). The van der Waals surface area contributed by atoms with Crippen molar-refractivity contribution in [2.24, 2.45) is 5.92 Å². The van der Waals surface area contributed by atoms with Crippen LogP contribution in [0.1, 0.15) is 51.1 Å². The first-order valence-electron chi connectivity index (χ1n) is 9.72. The molecule has 1 atom stereocenters. The molecule has 1 aromatic carbocycles. The van der Waals surface area contributed by atoms with Crippen LogP contribution >= 0.6 is 11.3 Å². The molecule has 1 aliphatic rings. The third-order valence-corrected chi connectivity index (χ3v) is 6.48. The Morgan fingerprint density at radius 3 is 2.55 bits per heavy atom. The van der Waals surface area contributed by atoms with Gasteiger partial charge in [-0.05, 0) is 43.7 Å². The minimum Gasteiger partial charge on any atom is -0.480 e. The molecule has 2 heterocycles. The Hall–Kier alpha value is -2.51. The van der Waals surface area contributed by atoms with Gasteiger partial charge in [-0.25, -0.2) is 4.98 Å². The van der Waals surface area contributed by atoms with E-state index in [9.17, 15) is 4.79 Å². The smallest absolute Gasteiger partial charge is 0.262 e. The first-order chi connectivity index (χ1) is 14.0. The number of methoxy groups -OCH3 is 2. The topological polar surface area (TPSA) is 73.3 Å². The Kier molecular flexibility index (Phi) is 5.52. The standard InChI is InChI=1S/C22H25N3O3S/c1-12-5-7-14(8-6-12)18(15-9-10-15)25-20(26)19-13(2)17-21(28-4)23-16(11-27-3)24-22(17)29-19/h5-8,15,18H,9-11H2,1-4H3,(H,25,26). The average molecular weight is 412 g/mol. The molecule has 0 saturated heterocycles. The molecule has 1 fully saturated rings. The molecule has 1 aliphatic carbocycles. The van der Waals surface area contributed by atoms with Crippen LogP contribution in [0.3, 0.4) is 0 Å². The molecule has 2 aromatic heterocycles. The summed E-state index contributed by atoms with van der Waals surface area (Å²) in [5.41, 5.74) is 3.22. The Morgan fingerprint density at radius 2 is 1.93 bits per heavy atom. The van der Waals surface area contributed by atoms with Crippen molar-refractivity contribution in [3.8, 4) is 5.88 Å². The number of hydrogen-bond donors (Lipinski definition) is 1. The highest BCUT2D eigenvalue weighted by Crippen LogP contribution is 2.42. The third kappa shape index (κ3) is 3.97. The minimum atomic E-state index is -0.0710. The van der Waals surface area contributed by atoms with E-state index in [0.29, 0.717) is 29.1 Å². The molecule has 3 aromatic rings. The van der Waals surface area contributed by atoms with Crippen molar-refractivity contribution in [2.75, 3.05) is 14.2 Å². The van der Waals surface area contributed by atoms with Crippen LogP contribution in [0.15, 0.2) is 24.3 Å². The molecule has 0 radical (unpaired) electrons. The summed E-state index contributed by atoms with van der Waals surface area (Å²) in [6.07, 6.45) is 2.29. The van der Waals surface area contributed by atoms with Crippen LogP contribution in [0.2, 0.25) is 0 Å². The quantitative estimate of drug-likeness (QED) is 0.626. The van der Waals surface area contributed by atoms with Gasteiger partial charge < -0.3 is 14.8 Å². The van der Waals surface area contributed by atoms with Gasteiger partial charge in [-0.15, -0.1) is 11.3 Å². The van der Waals surface area contributed by atoms with Crippen molar-refractivity contribution >= 4 is 27.5 Å². The van der Waals surface area contributed by atoms with Gasteiger partial charge in [0.05, 0.1) is 23.4 Å². The zero-order valence-electron chi connectivity index (χ0n) is 17.1. The maximum absolute atomic E-state index is 13.2. The van der Waals surface area contributed by atoms with Crippen molar-refractivity contribution < 1.29 is 14.3 Å². The summed E-state index contributed by atoms with van der Waals surface area (Å²) in [6.45, 7) is 4.29. The van der Waals surface area contributed by atoms with E-state index < -0.39 is 0 Å². The summed E-state index contributed by atoms with van der Waals surface area (Å²) in [4.78, 5) is 23.6. The Morgan fingerprint density at radius 1 is 1.21 bits per heavy atom. The van der Waals surface area contributed by atoms with Gasteiger partial charge in [0.25, 0.3) is 5.91 Å². The summed E-state index contributed by atoms with van der Waals surface area (Å²) in [5.74, 6) is 1.45. The molecule has 1 unspecified atom stereocenters. The molecule has 1 amide bonds. The Bertz CT molecular complexity index is 1040. The second kappa shape index (κ2) is 8.08. The lowest BCUT2D eigenvalue weighted by atomic mass is 10.0. The normalized spacial score (nSPS) is 14.8. The molecule has 1 saturated carbocycles. The van der Waals surface area contributed by atoms with E-state index in [4.69, 9.17) is 9.47 Å². The fourth-order valence-corrected chi connectivity index (χ4v) is 4.68. The minimum absolute atomic E-state index is 0.0322. The zero-order valence-corrected chi connectivity index (χ0v) is 17.9. The molecule has 1 N–H and O–H groups in total. The van der Waals surface area contributed by atoms with Crippen LogP contribution in [0.4, 0.5) is 0 Å². The number of fused-ring (bicyclic) bond motifs is 1. The second-order valence-corrected chi connectivity index (χ2v) is 8.52. The van der Waals surface area contributed by atoms with Gasteiger partial charge in [-0.2, -0.15) is 4.98 Å². The summed E-state index contributed by atoms with van der Waals surface area (Å²) in [5, 5.41) is 4.06. The summed E-state index contributed by atoms with van der Waals surface area (Å²) in [6, 6.07) is 8.45. The molecular formula is C22H25N3O3S. The van der Waals surface area contributed by atoms with Crippen LogP contribution in [0, 0.1) is 19.8 Å². The number of ether oxygens (including phenoxy) is 2. The van der Waals surface area contributed by atoms with Gasteiger partial charge in [-0.3, -0.25) is 4.79 Å².